The third-order valence-corrected chi connectivity index (χ3v) is 4.00. The van der Waals surface area contributed by atoms with Crippen molar-refractivity contribution in [2.45, 2.75) is 17.9 Å². The molecular weight excluding hydrogens is 250 g/mol. The Morgan fingerprint density at radius 1 is 1.59 bits per heavy atom. The lowest BCUT2D eigenvalue weighted by Gasteiger charge is -2.26. The molecule has 0 atom stereocenters. The molecule has 1 aliphatic rings. The molecule has 2 heterocycles. The van der Waals surface area contributed by atoms with E-state index in [0.717, 1.165) is 0 Å². The summed E-state index contributed by atoms with van der Waals surface area (Å²) in [6.07, 6.45) is 0. The number of aromatic carboxylic acids is 1. The molecule has 1 saturated heterocycles. The predicted octanol–water partition coefficient (Wildman–Crippen LogP) is -0.907. The maximum Gasteiger partial charge on any atom is 0.357 e. The SMILES string of the molecule is Cc1[nH]nc(C(=O)O)c1S(=O)(=O)NC1COC1. The molecule has 0 saturated carbocycles. The zero-order valence-corrected chi connectivity index (χ0v) is 9.74. The number of hydrogen-bond acceptors (Lipinski definition) is 5. The van der Waals surface area contributed by atoms with Gasteiger partial charge in [-0.25, -0.2) is 17.9 Å². The maximum atomic E-state index is 12.0. The molecular formula is C8H11N3O5S. The quantitative estimate of drug-likeness (QED) is 0.645. The molecule has 9 heteroatoms. The standard InChI is InChI=1S/C8H11N3O5S/c1-4-7(6(8(12)13)10-9-4)17(14,15)11-5-2-16-3-5/h5,11H,2-3H2,1H3,(H,9,10)(H,12,13). The number of rotatable bonds is 4. The Morgan fingerprint density at radius 3 is 2.71 bits per heavy atom. The van der Waals surface area contributed by atoms with Crippen LogP contribution in [-0.4, -0.2) is 48.9 Å². The van der Waals surface area contributed by atoms with Crippen molar-refractivity contribution >= 4 is 16.0 Å². The van der Waals surface area contributed by atoms with Crippen molar-refractivity contribution in [1.29, 1.82) is 0 Å². The lowest BCUT2D eigenvalue weighted by molar-refractivity contribution is 0.00481. The summed E-state index contributed by atoms with van der Waals surface area (Å²) in [5, 5.41) is 14.7. The number of carboxylic acid groups (broad SMARTS) is 1. The summed E-state index contributed by atoms with van der Waals surface area (Å²) in [7, 11) is -3.89. The summed E-state index contributed by atoms with van der Waals surface area (Å²) < 4.78 is 31.1. The molecule has 0 bridgehead atoms. The number of nitrogens with one attached hydrogen (secondary N) is 2. The normalized spacial score (nSPS) is 16.8. The monoisotopic (exact) mass is 261 g/mol. The number of nitrogens with zero attached hydrogens (tertiary/aromatic N) is 1. The number of hydrogen-bond donors (Lipinski definition) is 3. The third-order valence-electron chi connectivity index (χ3n) is 2.32. The van der Waals surface area contributed by atoms with Gasteiger partial charge in [0.2, 0.25) is 10.0 Å². The van der Waals surface area contributed by atoms with Crippen LogP contribution in [0.3, 0.4) is 0 Å². The molecule has 2 rings (SSSR count). The van der Waals surface area contributed by atoms with E-state index < -0.39 is 21.7 Å². The second-order valence-corrected chi connectivity index (χ2v) is 5.34. The third kappa shape index (κ3) is 2.16. The minimum absolute atomic E-state index is 0.190. The van der Waals surface area contributed by atoms with Crippen LogP contribution < -0.4 is 4.72 Å². The van der Waals surface area contributed by atoms with Gasteiger partial charge in [0.05, 0.1) is 24.9 Å². The number of aryl methyl sites for hydroxylation is 1. The van der Waals surface area contributed by atoms with Crippen molar-refractivity contribution in [3.63, 3.8) is 0 Å². The van der Waals surface area contributed by atoms with Gasteiger partial charge in [-0.15, -0.1) is 0 Å². The topological polar surface area (TPSA) is 121 Å². The van der Waals surface area contributed by atoms with Crippen molar-refractivity contribution in [3.8, 4) is 0 Å². The Labute approximate surface area is 97.0 Å². The molecule has 1 fully saturated rings. The van der Waals surface area contributed by atoms with Crippen LogP contribution in [0.15, 0.2) is 4.90 Å². The van der Waals surface area contributed by atoms with Crippen molar-refractivity contribution in [3.05, 3.63) is 11.4 Å². The van der Waals surface area contributed by atoms with Gasteiger partial charge >= 0.3 is 5.97 Å². The van der Waals surface area contributed by atoms with Crippen LogP contribution in [0, 0.1) is 6.92 Å². The van der Waals surface area contributed by atoms with E-state index in [9.17, 15) is 13.2 Å². The maximum absolute atomic E-state index is 12.0. The molecule has 0 aliphatic carbocycles. The van der Waals surface area contributed by atoms with Gasteiger partial charge in [-0.3, -0.25) is 5.10 Å². The number of sulfonamides is 1. The zero-order valence-electron chi connectivity index (χ0n) is 8.93. The van der Waals surface area contributed by atoms with E-state index >= 15 is 0 Å². The highest BCUT2D eigenvalue weighted by atomic mass is 32.2. The number of carboxylic acids is 1. The smallest absolute Gasteiger partial charge is 0.357 e. The van der Waals surface area contributed by atoms with Crippen molar-refractivity contribution in [2.75, 3.05) is 13.2 Å². The van der Waals surface area contributed by atoms with Gasteiger partial charge in [-0.05, 0) is 6.92 Å². The molecule has 1 aliphatic heterocycles. The van der Waals surface area contributed by atoms with Crippen LogP contribution in [0.5, 0.6) is 0 Å². The Hall–Kier alpha value is -1.45. The molecule has 94 valence electrons. The average Bonchev–Trinajstić information content (AvgIpc) is 2.55. The zero-order chi connectivity index (χ0) is 12.6. The van der Waals surface area contributed by atoms with E-state index in [2.05, 4.69) is 14.9 Å². The Bertz CT molecular complexity index is 546. The fraction of sp³-hybridized carbons (Fsp3) is 0.500. The highest BCUT2D eigenvalue weighted by Gasteiger charge is 2.32. The van der Waals surface area contributed by atoms with Crippen LogP contribution in [0.2, 0.25) is 0 Å². The van der Waals surface area contributed by atoms with E-state index in [-0.39, 0.29) is 16.6 Å². The van der Waals surface area contributed by atoms with Crippen LogP contribution in [0.1, 0.15) is 16.2 Å². The van der Waals surface area contributed by atoms with Crippen LogP contribution in [0.25, 0.3) is 0 Å². The molecule has 3 N–H and O–H groups in total. The minimum Gasteiger partial charge on any atom is -0.476 e. The number of aromatic amines is 1. The molecule has 0 amide bonds. The van der Waals surface area contributed by atoms with Gasteiger partial charge in [0.25, 0.3) is 0 Å². The largest absolute Gasteiger partial charge is 0.476 e. The summed E-state index contributed by atoms with van der Waals surface area (Å²) in [5.41, 5.74) is -0.314. The number of carbonyl (C=O) groups is 1. The van der Waals surface area contributed by atoms with E-state index in [4.69, 9.17) is 9.84 Å². The summed E-state index contributed by atoms with van der Waals surface area (Å²) >= 11 is 0. The fourth-order valence-electron chi connectivity index (χ4n) is 1.47. The van der Waals surface area contributed by atoms with Gasteiger partial charge in [-0.2, -0.15) is 5.10 Å². The molecule has 0 spiro atoms. The summed E-state index contributed by atoms with van der Waals surface area (Å²) in [6, 6.07) is -0.309. The summed E-state index contributed by atoms with van der Waals surface area (Å²) in [4.78, 5) is 10.5. The lowest BCUT2D eigenvalue weighted by Crippen LogP contribution is -2.48. The second kappa shape index (κ2) is 4.09. The number of ether oxygens (including phenoxy) is 1. The Morgan fingerprint density at radius 2 is 2.24 bits per heavy atom. The van der Waals surface area contributed by atoms with Crippen molar-refractivity contribution in [1.82, 2.24) is 14.9 Å². The van der Waals surface area contributed by atoms with Crippen LogP contribution >= 0.6 is 0 Å². The van der Waals surface area contributed by atoms with Crippen LogP contribution in [0.4, 0.5) is 0 Å². The Kier molecular flexibility index (Phi) is 2.89. The average molecular weight is 261 g/mol. The molecule has 0 radical (unpaired) electrons. The van der Waals surface area contributed by atoms with Gasteiger partial charge < -0.3 is 9.84 Å². The molecule has 0 aromatic carbocycles. The molecule has 1 aromatic rings. The molecule has 0 unspecified atom stereocenters. The second-order valence-electron chi connectivity index (χ2n) is 3.69. The first kappa shape index (κ1) is 12.0. The first-order chi connectivity index (χ1) is 7.92. The van der Waals surface area contributed by atoms with E-state index in [0.29, 0.717) is 13.2 Å². The minimum atomic E-state index is -3.89. The Balaban J connectivity index is 2.37. The van der Waals surface area contributed by atoms with Gasteiger partial charge in [0.15, 0.2) is 5.69 Å². The summed E-state index contributed by atoms with van der Waals surface area (Å²) in [5.74, 6) is -1.39. The molecule has 17 heavy (non-hydrogen) atoms. The van der Waals surface area contributed by atoms with E-state index in [1.54, 1.807) is 0 Å². The first-order valence-corrected chi connectivity index (χ1v) is 6.28. The lowest BCUT2D eigenvalue weighted by atomic mass is 10.3. The van der Waals surface area contributed by atoms with E-state index in [1.165, 1.54) is 6.92 Å². The van der Waals surface area contributed by atoms with Gasteiger partial charge in [0, 0.05) is 0 Å². The summed E-state index contributed by atoms with van der Waals surface area (Å²) in [6.45, 7) is 2.03. The van der Waals surface area contributed by atoms with E-state index in [1.807, 2.05) is 0 Å². The number of H-pyrrole nitrogens is 1. The first-order valence-electron chi connectivity index (χ1n) is 4.80. The highest BCUT2D eigenvalue weighted by molar-refractivity contribution is 7.89. The molecule has 1 aromatic heterocycles. The highest BCUT2D eigenvalue weighted by Crippen LogP contribution is 2.18. The molecule has 8 nitrogen and oxygen atoms in total. The fourth-order valence-corrected chi connectivity index (χ4v) is 3.00. The van der Waals surface area contributed by atoms with Crippen LogP contribution in [-0.2, 0) is 14.8 Å². The van der Waals surface area contributed by atoms with Gasteiger partial charge in [-0.1, -0.05) is 0 Å². The van der Waals surface area contributed by atoms with Crippen molar-refractivity contribution < 1.29 is 23.1 Å². The van der Waals surface area contributed by atoms with Gasteiger partial charge in [0.1, 0.15) is 4.90 Å². The predicted molar refractivity (Wildman–Crippen MR) is 55.2 cm³/mol. The number of aromatic nitrogens is 2. The van der Waals surface area contributed by atoms with Crippen molar-refractivity contribution in [2.24, 2.45) is 0 Å².